The molecule has 0 spiro atoms. The Bertz CT molecular complexity index is 1740. The molecule has 0 saturated carbocycles. The van der Waals surface area contributed by atoms with Crippen molar-refractivity contribution in [3.8, 4) is 11.3 Å². The number of carbonyl (C=O) groups excluding carboxylic acids is 2. The van der Waals surface area contributed by atoms with Gasteiger partial charge in [0.2, 0.25) is 0 Å². The lowest BCUT2D eigenvalue weighted by Crippen LogP contribution is -2.39. The molecule has 0 fully saturated rings. The molecule has 1 aliphatic rings. The summed E-state index contributed by atoms with van der Waals surface area (Å²) in [5.41, 5.74) is 2.60. The fourth-order valence-corrected chi connectivity index (χ4v) is 5.47. The van der Waals surface area contributed by atoms with E-state index in [1.807, 2.05) is 30.3 Å². The summed E-state index contributed by atoms with van der Waals surface area (Å²) in [6.45, 7) is 5.78. The van der Waals surface area contributed by atoms with Crippen LogP contribution >= 0.6 is 11.3 Å². The first-order valence-electron chi connectivity index (χ1n) is 12.5. The first kappa shape index (κ1) is 26.1. The zero-order chi connectivity index (χ0) is 27.5. The summed E-state index contributed by atoms with van der Waals surface area (Å²) in [6, 6.07) is 19.2. The van der Waals surface area contributed by atoms with Gasteiger partial charge in [-0.3, -0.25) is 9.36 Å². The molecule has 1 atom stereocenters. The third kappa shape index (κ3) is 5.13. The second kappa shape index (κ2) is 11.1. The van der Waals surface area contributed by atoms with Gasteiger partial charge in [-0.15, -0.1) is 0 Å². The van der Waals surface area contributed by atoms with Gasteiger partial charge in [0, 0.05) is 11.6 Å². The maximum absolute atomic E-state index is 13.7. The fraction of sp³-hybridized carbons (Fsp3) is 0.200. The van der Waals surface area contributed by atoms with Crippen LogP contribution in [0.3, 0.4) is 0 Å². The lowest BCUT2D eigenvalue weighted by Gasteiger charge is -2.24. The molecule has 0 aliphatic carbocycles. The molecule has 4 aromatic rings. The summed E-state index contributed by atoms with van der Waals surface area (Å²) >= 11 is 1.23. The third-order valence-electron chi connectivity index (χ3n) is 6.21. The van der Waals surface area contributed by atoms with Crippen LogP contribution in [-0.4, -0.2) is 29.7 Å². The molecular weight excluding hydrogens is 516 g/mol. The van der Waals surface area contributed by atoms with E-state index in [0.717, 1.165) is 11.1 Å². The number of hydrogen-bond donors (Lipinski definition) is 0. The normalized spacial score (nSPS) is 15.1. The molecule has 0 radical (unpaired) electrons. The number of nitrogens with zero attached hydrogens (tertiary/aromatic N) is 2. The Balaban J connectivity index is 1.53. The van der Waals surface area contributed by atoms with Crippen molar-refractivity contribution < 1.29 is 23.5 Å². The summed E-state index contributed by atoms with van der Waals surface area (Å²) in [5.74, 6) is 0.204. The van der Waals surface area contributed by atoms with Gasteiger partial charge in [0.15, 0.2) is 4.80 Å². The van der Waals surface area contributed by atoms with E-state index < -0.39 is 12.0 Å². The number of aromatic nitrogens is 1. The number of fused-ring (bicyclic) bond motifs is 1. The van der Waals surface area contributed by atoms with E-state index in [-0.39, 0.29) is 18.1 Å². The molecule has 2 aromatic carbocycles. The number of carbonyl (C=O) groups is 2. The third-order valence-corrected chi connectivity index (χ3v) is 7.20. The quantitative estimate of drug-likeness (QED) is 0.324. The number of rotatable bonds is 7. The SMILES string of the molecule is CCOC(=O)C1=C(C)N=c2s/c(=C\c3ccc(-c4ccc(C(=O)OCC)cc4)o3)c(=O)n2[C@@H]1c1ccccc1. The van der Waals surface area contributed by atoms with E-state index in [1.165, 1.54) is 11.3 Å². The lowest BCUT2D eigenvalue weighted by atomic mass is 9.96. The van der Waals surface area contributed by atoms with Crippen LogP contribution < -0.4 is 14.9 Å². The highest BCUT2D eigenvalue weighted by atomic mass is 32.1. The van der Waals surface area contributed by atoms with Crippen molar-refractivity contribution in [1.29, 1.82) is 0 Å². The van der Waals surface area contributed by atoms with Crippen molar-refractivity contribution in [3.63, 3.8) is 0 Å². The van der Waals surface area contributed by atoms with Gasteiger partial charge in [0.05, 0.1) is 40.6 Å². The number of thiazole rings is 1. The number of allylic oxidation sites excluding steroid dienone is 1. The molecule has 0 bridgehead atoms. The smallest absolute Gasteiger partial charge is 0.338 e. The minimum absolute atomic E-state index is 0.216. The van der Waals surface area contributed by atoms with Crippen LogP contribution in [0.15, 0.2) is 92.2 Å². The van der Waals surface area contributed by atoms with Crippen LogP contribution in [0, 0.1) is 0 Å². The number of furan rings is 1. The van der Waals surface area contributed by atoms with E-state index in [9.17, 15) is 14.4 Å². The average Bonchev–Trinajstić information content (AvgIpc) is 3.53. The van der Waals surface area contributed by atoms with Crippen LogP contribution in [0.4, 0.5) is 0 Å². The highest BCUT2D eigenvalue weighted by Crippen LogP contribution is 2.30. The van der Waals surface area contributed by atoms with Gasteiger partial charge in [-0.1, -0.05) is 53.8 Å². The summed E-state index contributed by atoms with van der Waals surface area (Å²) in [6.07, 6.45) is 1.67. The summed E-state index contributed by atoms with van der Waals surface area (Å²) in [5, 5.41) is 0. The van der Waals surface area contributed by atoms with Crippen molar-refractivity contribution in [2.45, 2.75) is 26.8 Å². The Kier molecular flexibility index (Phi) is 7.42. The standard InChI is InChI=1S/C30H26N2O6S/c1-4-36-28(34)21-13-11-19(12-14-21)23-16-15-22(38-23)17-24-27(33)32-26(20-9-7-6-8-10-20)25(29(35)37-5-2)18(3)31-30(32)39-24/h6-17,26H,4-5H2,1-3H3/b24-17-/t26-/m1/s1. The number of benzene rings is 2. The van der Waals surface area contributed by atoms with Gasteiger partial charge in [-0.25, -0.2) is 14.6 Å². The monoisotopic (exact) mass is 542 g/mol. The van der Waals surface area contributed by atoms with E-state index in [4.69, 9.17) is 13.9 Å². The van der Waals surface area contributed by atoms with Gasteiger partial charge >= 0.3 is 11.9 Å². The van der Waals surface area contributed by atoms with Crippen LogP contribution in [-0.2, 0) is 14.3 Å². The van der Waals surface area contributed by atoms with E-state index >= 15 is 0 Å². The Morgan fingerprint density at radius 3 is 2.36 bits per heavy atom. The molecule has 3 heterocycles. The van der Waals surface area contributed by atoms with Crippen LogP contribution in [0.2, 0.25) is 0 Å². The molecule has 0 amide bonds. The topological polar surface area (TPSA) is 100 Å². The van der Waals surface area contributed by atoms with Gasteiger partial charge < -0.3 is 13.9 Å². The molecule has 5 rings (SSSR count). The van der Waals surface area contributed by atoms with Crippen LogP contribution in [0.25, 0.3) is 17.4 Å². The molecule has 0 unspecified atom stereocenters. The van der Waals surface area contributed by atoms with E-state index in [1.54, 1.807) is 67.8 Å². The number of ether oxygens (including phenoxy) is 2. The molecule has 0 N–H and O–H groups in total. The van der Waals surface area contributed by atoms with E-state index in [0.29, 0.717) is 44.3 Å². The summed E-state index contributed by atoms with van der Waals surface area (Å²) in [4.78, 5) is 43.6. The number of esters is 2. The van der Waals surface area contributed by atoms with Gasteiger partial charge in [0.1, 0.15) is 11.5 Å². The highest BCUT2D eigenvalue weighted by Gasteiger charge is 2.33. The summed E-state index contributed by atoms with van der Waals surface area (Å²) < 4.78 is 18.3. The molecule has 198 valence electrons. The van der Waals surface area contributed by atoms with E-state index in [2.05, 4.69) is 4.99 Å². The minimum atomic E-state index is -0.659. The van der Waals surface area contributed by atoms with Crippen molar-refractivity contribution in [2.24, 2.45) is 4.99 Å². The van der Waals surface area contributed by atoms with Gasteiger partial charge in [-0.2, -0.15) is 0 Å². The van der Waals surface area contributed by atoms with Crippen LogP contribution in [0.1, 0.15) is 48.5 Å². The molecule has 1 aliphatic heterocycles. The maximum atomic E-state index is 13.7. The Hall–Kier alpha value is -4.50. The second-order valence-corrected chi connectivity index (χ2v) is 9.72. The molecule has 39 heavy (non-hydrogen) atoms. The Morgan fingerprint density at radius 1 is 0.974 bits per heavy atom. The first-order chi connectivity index (χ1) is 18.9. The first-order valence-corrected chi connectivity index (χ1v) is 13.3. The zero-order valence-corrected chi connectivity index (χ0v) is 22.5. The fourth-order valence-electron chi connectivity index (χ4n) is 4.44. The lowest BCUT2D eigenvalue weighted by molar-refractivity contribution is -0.139. The largest absolute Gasteiger partial charge is 0.463 e. The number of hydrogen-bond acceptors (Lipinski definition) is 8. The van der Waals surface area contributed by atoms with Crippen molar-refractivity contribution in [3.05, 3.63) is 115 Å². The molecule has 9 heteroatoms. The van der Waals surface area contributed by atoms with Crippen LogP contribution in [0.5, 0.6) is 0 Å². The molecule has 8 nitrogen and oxygen atoms in total. The molecular formula is C30H26N2O6S. The predicted molar refractivity (Wildman–Crippen MR) is 147 cm³/mol. The average molecular weight is 543 g/mol. The summed E-state index contributed by atoms with van der Waals surface area (Å²) in [7, 11) is 0. The Labute approximate surface area is 228 Å². The highest BCUT2D eigenvalue weighted by molar-refractivity contribution is 7.07. The van der Waals surface area contributed by atoms with Gasteiger partial charge in [0.25, 0.3) is 5.56 Å². The Morgan fingerprint density at radius 2 is 1.67 bits per heavy atom. The van der Waals surface area contributed by atoms with Gasteiger partial charge in [-0.05, 0) is 50.6 Å². The maximum Gasteiger partial charge on any atom is 0.338 e. The van der Waals surface area contributed by atoms with Crippen molar-refractivity contribution in [2.75, 3.05) is 13.2 Å². The van der Waals surface area contributed by atoms with Crippen molar-refractivity contribution in [1.82, 2.24) is 4.57 Å². The molecule has 2 aromatic heterocycles. The second-order valence-electron chi connectivity index (χ2n) is 8.71. The van der Waals surface area contributed by atoms with Crippen molar-refractivity contribution >= 4 is 29.4 Å². The zero-order valence-electron chi connectivity index (χ0n) is 21.7. The minimum Gasteiger partial charge on any atom is -0.463 e. The molecule has 0 saturated heterocycles. The predicted octanol–water partition coefficient (Wildman–Crippen LogP) is 4.24.